The Hall–Kier alpha value is -2.00. The van der Waals surface area contributed by atoms with Crippen molar-refractivity contribution in [3.8, 4) is 5.75 Å². The van der Waals surface area contributed by atoms with Crippen molar-refractivity contribution in [2.75, 3.05) is 0 Å². The Morgan fingerprint density at radius 2 is 1.94 bits per heavy atom. The van der Waals surface area contributed by atoms with Crippen molar-refractivity contribution in [3.05, 3.63) is 27.6 Å². The van der Waals surface area contributed by atoms with Gasteiger partial charge in [-0.05, 0) is 0 Å². The van der Waals surface area contributed by atoms with E-state index < -0.39 is 40.3 Å². The molecule has 1 heterocycles. The van der Waals surface area contributed by atoms with E-state index in [4.69, 9.17) is 5.11 Å². The highest BCUT2D eigenvalue weighted by atomic mass is 19.4. The molecule has 5 nitrogen and oxygen atoms in total. The number of nitrogens with zero attached hydrogens (tertiary/aromatic N) is 2. The lowest BCUT2D eigenvalue weighted by Crippen LogP contribution is -2.11. The van der Waals surface area contributed by atoms with Crippen LogP contribution in [0.4, 0.5) is 27.6 Å². The highest BCUT2D eigenvalue weighted by Crippen LogP contribution is 2.39. The van der Waals surface area contributed by atoms with Gasteiger partial charge in [-0.2, -0.15) is 13.2 Å². The van der Waals surface area contributed by atoms with Crippen molar-refractivity contribution in [2.45, 2.75) is 12.6 Å². The summed E-state index contributed by atoms with van der Waals surface area (Å²) in [6.45, 7) is 0. The third kappa shape index (κ3) is 2.57. The number of aromatic nitrogens is 1. The van der Waals surface area contributed by atoms with Gasteiger partial charge in [-0.25, -0.2) is 13.8 Å². The van der Waals surface area contributed by atoms with Crippen molar-refractivity contribution in [1.29, 1.82) is 0 Å². The van der Waals surface area contributed by atoms with Crippen molar-refractivity contribution < 1.29 is 32.0 Å². The fourth-order valence-corrected chi connectivity index (χ4v) is 1.02. The van der Waals surface area contributed by atoms with Crippen LogP contribution in [0.15, 0.2) is 6.07 Å². The van der Waals surface area contributed by atoms with Crippen molar-refractivity contribution >= 4 is 5.69 Å². The highest BCUT2D eigenvalue weighted by molar-refractivity contribution is 5.45. The van der Waals surface area contributed by atoms with Crippen molar-refractivity contribution in [2.24, 2.45) is 0 Å². The first-order chi connectivity index (χ1) is 7.64. The number of hydrogen-bond acceptors (Lipinski definition) is 4. The van der Waals surface area contributed by atoms with Crippen LogP contribution in [0.5, 0.6) is 5.75 Å². The van der Waals surface area contributed by atoms with Crippen LogP contribution in [0.2, 0.25) is 0 Å². The van der Waals surface area contributed by atoms with Crippen LogP contribution in [-0.2, 0) is 6.18 Å². The lowest BCUT2D eigenvalue weighted by molar-refractivity contribution is -0.386. The molecule has 17 heavy (non-hydrogen) atoms. The average molecular weight is 258 g/mol. The molecule has 0 amide bonds. The SMILES string of the molecule is O=[N+]([O-])c1cc(O)c(C(F)(F)F)nc1C(F)F. The molecule has 1 aromatic heterocycles. The van der Waals surface area contributed by atoms with E-state index in [1.54, 1.807) is 0 Å². The van der Waals surface area contributed by atoms with Gasteiger partial charge in [0.05, 0.1) is 11.0 Å². The predicted molar refractivity (Wildman–Crippen MR) is 42.5 cm³/mol. The molecule has 0 saturated carbocycles. The van der Waals surface area contributed by atoms with Crippen LogP contribution in [-0.4, -0.2) is 15.0 Å². The minimum atomic E-state index is -5.18. The van der Waals surface area contributed by atoms with Gasteiger partial charge in [0.25, 0.3) is 12.1 Å². The summed E-state index contributed by atoms with van der Waals surface area (Å²) in [4.78, 5) is 11.3. The summed E-state index contributed by atoms with van der Waals surface area (Å²) in [7, 11) is 0. The molecule has 0 aliphatic carbocycles. The van der Waals surface area contributed by atoms with E-state index >= 15 is 0 Å². The van der Waals surface area contributed by atoms with Gasteiger partial charge in [0.2, 0.25) is 0 Å². The van der Waals surface area contributed by atoms with Gasteiger partial charge >= 0.3 is 6.18 Å². The summed E-state index contributed by atoms with van der Waals surface area (Å²) in [6.07, 6.45) is -8.74. The molecular formula is C7H3F5N2O3. The zero-order valence-electron chi connectivity index (χ0n) is 7.70. The molecule has 1 N–H and O–H groups in total. The predicted octanol–water partition coefficient (Wildman–Crippen LogP) is 2.65. The largest absolute Gasteiger partial charge is 0.505 e. The maximum Gasteiger partial charge on any atom is 0.437 e. The first kappa shape index (κ1) is 13.1. The molecule has 0 atom stereocenters. The quantitative estimate of drug-likeness (QED) is 0.502. The fourth-order valence-electron chi connectivity index (χ4n) is 1.02. The van der Waals surface area contributed by atoms with Crippen LogP contribution in [0.3, 0.4) is 0 Å². The Labute approximate surface area is 89.7 Å². The fraction of sp³-hybridized carbons (Fsp3) is 0.286. The smallest absolute Gasteiger partial charge is 0.437 e. The van der Waals surface area contributed by atoms with E-state index in [0.717, 1.165) is 0 Å². The summed E-state index contributed by atoms with van der Waals surface area (Å²) in [6, 6.07) is -0.00266. The van der Waals surface area contributed by atoms with Crippen LogP contribution in [0.25, 0.3) is 0 Å². The molecule has 0 aromatic carbocycles. The molecule has 1 rings (SSSR count). The molecule has 1 aromatic rings. The highest BCUT2D eigenvalue weighted by Gasteiger charge is 2.39. The molecule has 0 spiro atoms. The molecule has 0 saturated heterocycles. The van der Waals surface area contributed by atoms with Crippen LogP contribution in [0.1, 0.15) is 17.8 Å². The maximum atomic E-state index is 12.3. The number of halogens is 5. The van der Waals surface area contributed by atoms with E-state index in [1.165, 1.54) is 0 Å². The molecule has 10 heteroatoms. The van der Waals surface area contributed by atoms with Crippen LogP contribution < -0.4 is 0 Å². The van der Waals surface area contributed by atoms with Gasteiger partial charge in [-0.15, -0.1) is 0 Å². The standard InChI is InChI=1S/C7H3F5N2O3/c8-6(9)4-2(14(16)17)1-3(15)5(13-4)7(10,11)12/h1,6,15H. The van der Waals surface area contributed by atoms with Gasteiger partial charge in [0, 0.05) is 0 Å². The number of aromatic hydroxyl groups is 1. The summed E-state index contributed by atoms with van der Waals surface area (Å²) in [5.41, 5.74) is -5.00. The molecule has 0 bridgehead atoms. The molecule has 0 radical (unpaired) electrons. The van der Waals surface area contributed by atoms with Gasteiger partial charge in [0.15, 0.2) is 17.1 Å². The second kappa shape index (κ2) is 4.11. The van der Waals surface area contributed by atoms with Gasteiger partial charge < -0.3 is 5.11 Å². The van der Waals surface area contributed by atoms with E-state index in [0.29, 0.717) is 0 Å². The minimum Gasteiger partial charge on any atom is -0.505 e. The molecule has 94 valence electrons. The van der Waals surface area contributed by atoms with Crippen molar-refractivity contribution in [1.82, 2.24) is 4.98 Å². The van der Waals surface area contributed by atoms with Crippen molar-refractivity contribution in [3.63, 3.8) is 0 Å². The monoisotopic (exact) mass is 258 g/mol. The Balaban J connectivity index is 3.51. The minimum absolute atomic E-state index is 0.00266. The first-order valence-electron chi connectivity index (χ1n) is 3.88. The summed E-state index contributed by atoms with van der Waals surface area (Å²) < 4.78 is 61.1. The number of rotatable bonds is 2. The molecule has 0 unspecified atom stereocenters. The molecule has 0 fully saturated rings. The van der Waals surface area contributed by atoms with E-state index in [-0.39, 0.29) is 6.07 Å². The zero-order chi connectivity index (χ0) is 13.4. The van der Waals surface area contributed by atoms with E-state index in [2.05, 4.69) is 4.98 Å². The summed E-state index contributed by atoms with van der Waals surface area (Å²) in [5.74, 6) is -1.58. The summed E-state index contributed by atoms with van der Waals surface area (Å²) >= 11 is 0. The molecule has 0 aliphatic rings. The number of hydrogen-bond donors (Lipinski definition) is 1. The van der Waals surface area contributed by atoms with Gasteiger partial charge in [-0.3, -0.25) is 10.1 Å². The Bertz CT molecular complexity index is 460. The topological polar surface area (TPSA) is 76.3 Å². The average Bonchev–Trinajstić information content (AvgIpc) is 2.14. The number of alkyl halides is 5. The van der Waals surface area contributed by atoms with E-state index in [9.17, 15) is 32.1 Å². The third-order valence-corrected chi connectivity index (χ3v) is 1.68. The third-order valence-electron chi connectivity index (χ3n) is 1.68. The number of nitro groups is 1. The van der Waals surface area contributed by atoms with Gasteiger partial charge in [0.1, 0.15) is 0 Å². The Morgan fingerprint density at radius 1 is 1.41 bits per heavy atom. The lowest BCUT2D eigenvalue weighted by atomic mass is 10.2. The van der Waals surface area contributed by atoms with Crippen LogP contribution in [0, 0.1) is 10.1 Å². The normalized spacial score (nSPS) is 11.9. The lowest BCUT2D eigenvalue weighted by Gasteiger charge is -2.09. The molecular weight excluding hydrogens is 255 g/mol. The van der Waals surface area contributed by atoms with Gasteiger partial charge in [-0.1, -0.05) is 0 Å². The summed E-state index contributed by atoms with van der Waals surface area (Å²) in [5, 5.41) is 19.1. The second-order valence-electron chi connectivity index (χ2n) is 2.82. The van der Waals surface area contributed by atoms with E-state index in [1.807, 2.05) is 0 Å². The maximum absolute atomic E-state index is 12.3. The zero-order valence-corrected chi connectivity index (χ0v) is 7.70. The number of pyridine rings is 1. The second-order valence-corrected chi connectivity index (χ2v) is 2.82. The first-order valence-corrected chi connectivity index (χ1v) is 3.88. The molecule has 0 aliphatic heterocycles. The van der Waals surface area contributed by atoms with Crippen LogP contribution >= 0.6 is 0 Å². The Morgan fingerprint density at radius 3 is 2.29 bits per heavy atom. The Kier molecular flexibility index (Phi) is 3.16.